The third-order valence-corrected chi connectivity index (χ3v) is 4.17. The number of aliphatic hydroxyl groups excluding tert-OH is 1. The summed E-state index contributed by atoms with van der Waals surface area (Å²) in [6, 6.07) is 7.21. The number of nitrogens with zero attached hydrogens (tertiary/aromatic N) is 6. The van der Waals surface area contributed by atoms with Crippen LogP contribution in [0.5, 0.6) is 0 Å². The molecule has 1 aliphatic rings. The molecule has 1 atom stereocenters. The van der Waals surface area contributed by atoms with Gasteiger partial charge >= 0.3 is 0 Å². The van der Waals surface area contributed by atoms with Crippen LogP contribution in [0.25, 0.3) is 0 Å². The molecule has 1 saturated heterocycles. The summed E-state index contributed by atoms with van der Waals surface area (Å²) < 4.78 is 1.60. The predicted octanol–water partition coefficient (Wildman–Crippen LogP) is -0.613. The number of aromatic nitrogens is 4. The van der Waals surface area contributed by atoms with Gasteiger partial charge in [-0.15, -0.1) is 5.10 Å². The van der Waals surface area contributed by atoms with E-state index in [1.807, 2.05) is 12.1 Å². The van der Waals surface area contributed by atoms with Gasteiger partial charge in [0.2, 0.25) is 5.91 Å². The fraction of sp³-hybridized carbons (Fsp3) is 0.438. The summed E-state index contributed by atoms with van der Waals surface area (Å²) in [6.45, 7) is 3.29. The summed E-state index contributed by atoms with van der Waals surface area (Å²) in [6.07, 6.45) is 0.785. The smallest absolute Gasteiger partial charge is 0.254 e. The summed E-state index contributed by atoms with van der Waals surface area (Å²) in [5.74, 6) is -0.251. The number of aliphatic hydroxyl groups is 1. The van der Waals surface area contributed by atoms with E-state index in [1.54, 1.807) is 26.6 Å². The lowest BCUT2D eigenvalue weighted by Gasteiger charge is -2.21. The minimum absolute atomic E-state index is 0.0969. The van der Waals surface area contributed by atoms with Gasteiger partial charge in [-0.2, -0.15) is 0 Å². The van der Waals surface area contributed by atoms with Crippen LogP contribution in [0.15, 0.2) is 30.6 Å². The largest absolute Gasteiger partial charge is 0.389 e. The molecule has 2 heterocycles. The van der Waals surface area contributed by atoms with E-state index < -0.39 is 6.10 Å². The van der Waals surface area contributed by atoms with E-state index in [4.69, 9.17) is 0 Å². The summed E-state index contributed by atoms with van der Waals surface area (Å²) in [5.41, 5.74) is 1.52. The zero-order valence-electron chi connectivity index (χ0n) is 13.9. The Morgan fingerprint density at radius 2 is 1.84 bits per heavy atom. The van der Waals surface area contributed by atoms with Crippen LogP contribution in [-0.2, 0) is 11.3 Å². The molecule has 1 fully saturated rings. The van der Waals surface area contributed by atoms with Crippen LogP contribution < -0.4 is 0 Å². The number of hydrogen-bond acceptors (Lipinski definition) is 6. The van der Waals surface area contributed by atoms with Crippen LogP contribution in [0, 0.1) is 0 Å². The third-order valence-electron chi connectivity index (χ3n) is 4.17. The molecular formula is C16H20N6O3. The topological polar surface area (TPSA) is 104 Å². The lowest BCUT2D eigenvalue weighted by molar-refractivity contribution is -0.129. The minimum atomic E-state index is -0.741. The monoisotopic (exact) mass is 344 g/mol. The first-order valence-electron chi connectivity index (χ1n) is 8.05. The maximum absolute atomic E-state index is 12.7. The molecule has 25 heavy (non-hydrogen) atoms. The number of carbonyl (C=O) groups excluding carboxylic acids is 2. The molecule has 3 rings (SSSR count). The molecule has 1 aromatic heterocycles. The molecule has 1 aliphatic heterocycles. The average Bonchev–Trinajstić information content (AvgIpc) is 3.01. The van der Waals surface area contributed by atoms with Gasteiger partial charge in [-0.3, -0.25) is 9.59 Å². The van der Waals surface area contributed by atoms with E-state index in [-0.39, 0.29) is 24.9 Å². The molecule has 2 aromatic rings. The van der Waals surface area contributed by atoms with Crippen LogP contribution >= 0.6 is 0 Å². The molecule has 0 radical (unpaired) electrons. The molecule has 9 heteroatoms. The van der Waals surface area contributed by atoms with Crippen molar-refractivity contribution in [2.75, 3.05) is 26.2 Å². The number of rotatable bonds is 3. The summed E-state index contributed by atoms with van der Waals surface area (Å²) in [5, 5.41) is 21.0. The lowest BCUT2D eigenvalue weighted by Crippen LogP contribution is -2.37. The summed E-state index contributed by atoms with van der Waals surface area (Å²) in [4.78, 5) is 27.3. The number of tetrazole rings is 1. The molecule has 0 bridgehead atoms. The van der Waals surface area contributed by atoms with Crippen molar-refractivity contribution in [1.29, 1.82) is 0 Å². The number of β-amino-alcohol motifs (C(OH)–C–C–N with tert-alkyl or cyclic N) is 1. The Kier molecular flexibility index (Phi) is 5.03. The quantitative estimate of drug-likeness (QED) is 0.796. The van der Waals surface area contributed by atoms with Crippen molar-refractivity contribution in [1.82, 2.24) is 30.0 Å². The van der Waals surface area contributed by atoms with E-state index in [1.165, 1.54) is 13.3 Å². The van der Waals surface area contributed by atoms with Gasteiger partial charge in [-0.1, -0.05) is 12.1 Å². The molecular weight excluding hydrogens is 324 g/mol. The van der Waals surface area contributed by atoms with E-state index in [0.29, 0.717) is 25.2 Å². The van der Waals surface area contributed by atoms with Gasteiger partial charge < -0.3 is 14.9 Å². The third kappa shape index (κ3) is 4.18. The number of benzene rings is 1. The first-order valence-corrected chi connectivity index (χ1v) is 8.05. The van der Waals surface area contributed by atoms with Crippen LogP contribution in [-0.4, -0.2) is 79.2 Å². The molecule has 2 amide bonds. The Bertz CT molecular complexity index is 731. The highest BCUT2D eigenvalue weighted by Gasteiger charge is 2.26. The highest BCUT2D eigenvalue weighted by atomic mass is 16.3. The van der Waals surface area contributed by atoms with Crippen LogP contribution in [0.3, 0.4) is 0 Å². The van der Waals surface area contributed by atoms with Gasteiger partial charge in [0.05, 0.1) is 12.6 Å². The number of hydrogen-bond donors (Lipinski definition) is 1. The highest BCUT2D eigenvalue weighted by Crippen LogP contribution is 2.12. The van der Waals surface area contributed by atoms with E-state index >= 15 is 0 Å². The van der Waals surface area contributed by atoms with Gasteiger partial charge in [0, 0.05) is 38.7 Å². The second kappa shape index (κ2) is 7.39. The second-order valence-corrected chi connectivity index (χ2v) is 6.07. The second-order valence-electron chi connectivity index (χ2n) is 6.07. The van der Waals surface area contributed by atoms with Crippen molar-refractivity contribution in [2.24, 2.45) is 0 Å². The first-order chi connectivity index (χ1) is 12.0. The van der Waals surface area contributed by atoms with Gasteiger partial charge in [-0.05, 0) is 28.1 Å². The average molecular weight is 344 g/mol. The lowest BCUT2D eigenvalue weighted by atomic mass is 10.1. The number of amides is 2. The molecule has 0 aliphatic carbocycles. The van der Waals surface area contributed by atoms with Crippen molar-refractivity contribution in [3.8, 4) is 0 Å². The molecule has 132 valence electrons. The molecule has 9 nitrogen and oxygen atoms in total. The number of carbonyl (C=O) groups is 2. The maximum Gasteiger partial charge on any atom is 0.254 e. The van der Waals surface area contributed by atoms with Crippen LogP contribution in [0.4, 0.5) is 0 Å². The van der Waals surface area contributed by atoms with Crippen LogP contribution in [0.1, 0.15) is 22.8 Å². The Hall–Kier alpha value is -2.81. The first kappa shape index (κ1) is 17.0. The molecule has 0 saturated carbocycles. The Labute approximate surface area is 144 Å². The Morgan fingerprint density at radius 1 is 1.16 bits per heavy atom. The van der Waals surface area contributed by atoms with Crippen molar-refractivity contribution < 1.29 is 14.7 Å². The van der Waals surface area contributed by atoms with Gasteiger partial charge in [0.15, 0.2) is 0 Å². The Morgan fingerprint density at radius 3 is 2.48 bits per heavy atom. The van der Waals surface area contributed by atoms with E-state index in [0.717, 1.165) is 5.56 Å². The van der Waals surface area contributed by atoms with Gasteiger partial charge in [-0.25, -0.2) is 4.68 Å². The standard InChI is InChI=1S/C16H20N6O3/c1-12(23)20-6-7-21(10-15(24)9-20)16(25)14-4-2-13(3-5-14)8-22-11-17-18-19-22/h2-5,11,15,24H,6-10H2,1H3. The van der Waals surface area contributed by atoms with E-state index in [9.17, 15) is 14.7 Å². The zero-order chi connectivity index (χ0) is 17.8. The van der Waals surface area contributed by atoms with Crippen molar-refractivity contribution in [3.63, 3.8) is 0 Å². The fourth-order valence-corrected chi connectivity index (χ4v) is 2.84. The predicted molar refractivity (Wildman–Crippen MR) is 87.5 cm³/mol. The summed E-state index contributed by atoms with van der Waals surface area (Å²) >= 11 is 0. The molecule has 0 spiro atoms. The fourth-order valence-electron chi connectivity index (χ4n) is 2.84. The molecule has 1 aromatic carbocycles. The Balaban J connectivity index is 1.66. The van der Waals surface area contributed by atoms with E-state index in [2.05, 4.69) is 15.5 Å². The maximum atomic E-state index is 12.7. The SMILES string of the molecule is CC(=O)N1CCN(C(=O)c2ccc(Cn3cnnn3)cc2)CC(O)C1. The van der Waals surface area contributed by atoms with Crippen molar-refractivity contribution in [2.45, 2.75) is 19.6 Å². The van der Waals surface area contributed by atoms with Crippen molar-refractivity contribution in [3.05, 3.63) is 41.7 Å². The molecule has 1 unspecified atom stereocenters. The van der Waals surface area contributed by atoms with Gasteiger partial charge in [0.25, 0.3) is 5.91 Å². The van der Waals surface area contributed by atoms with Crippen molar-refractivity contribution >= 4 is 11.8 Å². The normalized spacial score (nSPS) is 18.1. The van der Waals surface area contributed by atoms with Gasteiger partial charge in [0.1, 0.15) is 6.33 Å². The highest BCUT2D eigenvalue weighted by molar-refractivity contribution is 5.94. The molecule has 1 N–H and O–H groups in total. The summed E-state index contributed by atoms with van der Waals surface area (Å²) in [7, 11) is 0. The zero-order valence-corrected chi connectivity index (χ0v) is 13.9. The van der Waals surface area contributed by atoms with Crippen LogP contribution in [0.2, 0.25) is 0 Å². The minimum Gasteiger partial charge on any atom is -0.389 e.